The molecule has 0 saturated heterocycles. The quantitative estimate of drug-likeness (QED) is 0.713. The normalized spacial score (nSPS) is 10.9. The lowest BCUT2D eigenvalue weighted by molar-refractivity contribution is 0.101. The standard InChI is InChI=1S/C12H12FNO/c1-6-4-5-9(13)10-7(2)12(8(3)15)14-11(6)10/h4-5,14H,1-3H3. The third-order valence-electron chi connectivity index (χ3n) is 2.71. The van der Waals surface area contributed by atoms with E-state index in [0.717, 1.165) is 11.1 Å². The van der Waals surface area contributed by atoms with Gasteiger partial charge in [-0.1, -0.05) is 6.07 Å². The van der Waals surface area contributed by atoms with Crippen LogP contribution in [0.5, 0.6) is 0 Å². The molecule has 0 amide bonds. The van der Waals surface area contributed by atoms with Gasteiger partial charge in [-0.3, -0.25) is 4.79 Å². The van der Waals surface area contributed by atoms with Gasteiger partial charge in [-0.15, -0.1) is 0 Å². The molecular formula is C12H12FNO. The van der Waals surface area contributed by atoms with E-state index in [9.17, 15) is 9.18 Å². The molecular weight excluding hydrogens is 193 g/mol. The average Bonchev–Trinajstić information content (AvgIpc) is 2.51. The largest absolute Gasteiger partial charge is 0.352 e. The van der Waals surface area contributed by atoms with E-state index in [1.165, 1.54) is 13.0 Å². The highest BCUT2D eigenvalue weighted by molar-refractivity contribution is 6.01. The Morgan fingerprint density at radius 2 is 2.00 bits per heavy atom. The molecule has 3 heteroatoms. The van der Waals surface area contributed by atoms with Gasteiger partial charge in [0, 0.05) is 12.3 Å². The number of nitrogens with one attached hydrogen (secondary N) is 1. The molecule has 0 unspecified atom stereocenters. The SMILES string of the molecule is CC(=O)c1[nH]c2c(C)ccc(F)c2c1C. The molecule has 78 valence electrons. The van der Waals surface area contributed by atoms with E-state index in [-0.39, 0.29) is 11.6 Å². The maximum Gasteiger partial charge on any atom is 0.176 e. The zero-order valence-electron chi connectivity index (χ0n) is 8.94. The van der Waals surface area contributed by atoms with Crippen molar-refractivity contribution in [2.45, 2.75) is 20.8 Å². The first-order chi connectivity index (χ1) is 7.02. The molecule has 2 aromatic rings. The number of carbonyl (C=O) groups is 1. The third-order valence-corrected chi connectivity index (χ3v) is 2.71. The molecule has 0 bridgehead atoms. The third kappa shape index (κ3) is 1.35. The van der Waals surface area contributed by atoms with Crippen LogP contribution in [-0.4, -0.2) is 10.8 Å². The van der Waals surface area contributed by atoms with Gasteiger partial charge in [0.1, 0.15) is 5.82 Å². The monoisotopic (exact) mass is 205 g/mol. The Morgan fingerprint density at radius 3 is 2.53 bits per heavy atom. The van der Waals surface area contributed by atoms with Gasteiger partial charge in [-0.25, -0.2) is 4.39 Å². The highest BCUT2D eigenvalue weighted by Gasteiger charge is 2.15. The van der Waals surface area contributed by atoms with E-state index < -0.39 is 0 Å². The predicted molar refractivity (Wildman–Crippen MR) is 57.7 cm³/mol. The molecule has 0 spiro atoms. The van der Waals surface area contributed by atoms with Crippen LogP contribution in [0.25, 0.3) is 10.9 Å². The molecule has 15 heavy (non-hydrogen) atoms. The van der Waals surface area contributed by atoms with Crippen LogP contribution in [0.15, 0.2) is 12.1 Å². The minimum atomic E-state index is -0.281. The highest BCUT2D eigenvalue weighted by Crippen LogP contribution is 2.27. The van der Waals surface area contributed by atoms with Gasteiger partial charge >= 0.3 is 0 Å². The number of hydrogen-bond acceptors (Lipinski definition) is 1. The maximum atomic E-state index is 13.6. The fourth-order valence-corrected chi connectivity index (χ4v) is 1.90. The van der Waals surface area contributed by atoms with Crippen molar-refractivity contribution in [3.05, 3.63) is 34.8 Å². The molecule has 1 N–H and O–H groups in total. The van der Waals surface area contributed by atoms with Crippen molar-refractivity contribution in [2.75, 3.05) is 0 Å². The van der Waals surface area contributed by atoms with Gasteiger partial charge in [-0.2, -0.15) is 0 Å². The summed E-state index contributed by atoms with van der Waals surface area (Å²) < 4.78 is 13.6. The number of fused-ring (bicyclic) bond motifs is 1. The Labute approximate surface area is 87.1 Å². The van der Waals surface area contributed by atoms with E-state index in [1.807, 2.05) is 6.92 Å². The summed E-state index contributed by atoms with van der Waals surface area (Å²) in [7, 11) is 0. The molecule has 1 aromatic carbocycles. The molecule has 0 aliphatic rings. The predicted octanol–water partition coefficient (Wildman–Crippen LogP) is 3.13. The first-order valence-electron chi connectivity index (χ1n) is 4.80. The van der Waals surface area contributed by atoms with Crippen LogP contribution >= 0.6 is 0 Å². The second kappa shape index (κ2) is 3.19. The lowest BCUT2D eigenvalue weighted by atomic mass is 10.1. The number of Topliss-reactive ketones (excluding diaryl/α,β-unsaturated/α-hetero) is 1. The number of aromatic nitrogens is 1. The zero-order chi connectivity index (χ0) is 11.2. The molecule has 0 aliphatic heterocycles. The number of benzene rings is 1. The first-order valence-corrected chi connectivity index (χ1v) is 4.80. The summed E-state index contributed by atoms with van der Waals surface area (Å²) in [6.45, 7) is 5.13. The van der Waals surface area contributed by atoms with E-state index in [0.29, 0.717) is 16.6 Å². The van der Waals surface area contributed by atoms with Gasteiger partial charge in [0.25, 0.3) is 0 Å². The molecule has 2 nitrogen and oxygen atoms in total. The zero-order valence-corrected chi connectivity index (χ0v) is 8.94. The summed E-state index contributed by atoms with van der Waals surface area (Å²) in [5.41, 5.74) is 2.86. The molecule has 0 atom stereocenters. The number of aromatic amines is 1. The van der Waals surface area contributed by atoms with Crippen molar-refractivity contribution < 1.29 is 9.18 Å². The van der Waals surface area contributed by atoms with E-state index in [1.54, 1.807) is 13.0 Å². The molecule has 0 saturated carbocycles. The first kappa shape index (κ1) is 9.90. The van der Waals surface area contributed by atoms with Crippen LogP contribution in [0.4, 0.5) is 4.39 Å². The number of H-pyrrole nitrogens is 1. The maximum absolute atomic E-state index is 13.6. The fourth-order valence-electron chi connectivity index (χ4n) is 1.90. The second-order valence-corrected chi connectivity index (χ2v) is 3.80. The molecule has 0 aliphatic carbocycles. The summed E-state index contributed by atoms with van der Waals surface area (Å²) in [5, 5.41) is 0.528. The second-order valence-electron chi connectivity index (χ2n) is 3.80. The Bertz CT molecular complexity index is 554. The van der Waals surface area contributed by atoms with Crippen molar-refractivity contribution in [1.82, 2.24) is 4.98 Å². The van der Waals surface area contributed by atoms with Gasteiger partial charge < -0.3 is 4.98 Å². The highest BCUT2D eigenvalue weighted by atomic mass is 19.1. The van der Waals surface area contributed by atoms with Gasteiger partial charge in [0.05, 0.1) is 11.2 Å². The minimum absolute atomic E-state index is 0.0671. The number of rotatable bonds is 1. The number of halogens is 1. The lowest BCUT2D eigenvalue weighted by Crippen LogP contribution is -1.94. The topological polar surface area (TPSA) is 32.9 Å². The number of hydrogen-bond donors (Lipinski definition) is 1. The van der Waals surface area contributed by atoms with Crippen molar-refractivity contribution in [3.8, 4) is 0 Å². The van der Waals surface area contributed by atoms with Gasteiger partial charge in [0.2, 0.25) is 0 Å². The summed E-state index contributed by atoms with van der Waals surface area (Å²) in [5.74, 6) is -0.348. The van der Waals surface area contributed by atoms with Gasteiger partial charge in [0.15, 0.2) is 5.78 Å². The summed E-state index contributed by atoms with van der Waals surface area (Å²) >= 11 is 0. The van der Waals surface area contributed by atoms with Crippen molar-refractivity contribution in [3.63, 3.8) is 0 Å². The Kier molecular flexibility index (Phi) is 2.11. The molecule has 1 aromatic heterocycles. The average molecular weight is 205 g/mol. The Morgan fingerprint density at radius 1 is 1.33 bits per heavy atom. The summed E-state index contributed by atoms with van der Waals surface area (Å²) in [6, 6.07) is 3.14. The van der Waals surface area contributed by atoms with Crippen LogP contribution in [0.2, 0.25) is 0 Å². The molecule has 2 rings (SSSR count). The Balaban J connectivity index is 2.93. The minimum Gasteiger partial charge on any atom is -0.352 e. The number of carbonyl (C=O) groups excluding carboxylic acids is 1. The van der Waals surface area contributed by atoms with E-state index in [4.69, 9.17) is 0 Å². The van der Waals surface area contributed by atoms with Crippen molar-refractivity contribution in [2.24, 2.45) is 0 Å². The van der Waals surface area contributed by atoms with E-state index in [2.05, 4.69) is 4.98 Å². The van der Waals surface area contributed by atoms with Crippen LogP contribution in [-0.2, 0) is 0 Å². The summed E-state index contributed by atoms with van der Waals surface area (Å²) in [6.07, 6.45) is 0. The van der Waals surface area contributed by atoms with E-state index >= 15 is 0 Å². The lowest BCUT2D eigenvalue weighted by Gasteiger charge is -1.97. The Hall–Kier alpha value is -1.64. The van der Waals surface area contributed by atoms with Gasteiger partial charge in [-0.05, 0) is 31.0 Å². The number of ketones is 1. The smallest absolute Gasteiger partial charge is 0.176 e. The van der Waals surface area contributed by atoms with Crippen LogP contribution in [0.1, 0.15) is 28.5 Å². The summed E-state index contributed by atoms with van der Waals surface area (Å²) in [4.78, 5) is 14.3. The number of aryl methyl sites for hydroxylation is 2. The van der Waals surface area contributed by atoms with Crippen molar-refractivity contribution in [1.29, 1.82) is 0 Å². The van der Waals surface area contributed by atoms with Crippen molar-refractivity contribution >= 4 is 16.7 Å². The molecule has 1 heterocycles. The molecule has 0 radical (unpaired) electrons. The molecule has 0 fully saturated rings. The van der Waals surface area contributed by atoms with Crippen LogP contribution < -0.4 is 0 Å². The van der Waals surface area contributed by atoms with Crippen LogP contribution in [0.3, 0.4) is 0 Å². The van der Waals surface area contributed by atoms with Crippen LogP contribution in [0, 0.1) is 19.7 Å². The fraction of sp³-hybridized carbons (Fsp3) is 0.250.